The van der Waals surface area contributed by atoms with E-state index in [1.807, 2.05) is 24.3 Å². The zero-order valence-corrected chi connectivity index (χ0v) is 30.2. The summed E-state index contributed by atoms with van der Waals surface area (Å²) in [5.41, 5.74) is 17.0. The quantitative estimate of drug-likeness (QED) is 0.165. The van der Waals surface area contributed by atoms with E-state index in [1.54, 1.807) is 0 Å². The van der Waals surface area contributed by atoms with Gasteiger partial charge in [0.2, 0.25) is 0 Å². The molecule has 1 aliphatic rings. The molecular formula is C53H36N2. The molecule has 1 aliphatic carbocycles. The molecule has 0 bridgehead atoms. The summed E-state index contributed by atoms with van der Waals surface area (Å²) in [6.07, 6.45) is 0. The van der Waals surface area contributed by atoms with Gasteiger partial charge >= 0.3 is 0 Å². The number of nitrogens with zero attached hydrogens (tertiary/aromatic N) is 2. The molecule has 1 heterocycles. The van der Waals surface area contributed by atoms with Gasteiger partial charge in [-0.3, -0.25) is 0 Å². The van der Waals surface area contributed by atoms with Crippen LogP contribution in [0, 0.1) is 0 Å². The Morgan fingerprint density at radius 2 is 0.764 bits per heavy atom. The lowest BCUT2D eigenvalue weighted by molar-refractivity contribution is 0.768. The summed E-state index contributed by atoms with van der Waals surface area (Å²) in [5.74, 6) is 0.715. The summed E-state index contributed by atoms with van der Waals surface area (Å²) in [6.45, 7) is 0. The molecule has 0 fully saturated rings. The molecule has 0 unspecified atom stereocenters. The number of hydrogen-bond acceptors (Lipinski definition) is 2. The van der Waals surface area contributed by atoms with Crippen molar-refractivity contribution in [2.24, 2.45) is 0 Å². The Morgan fingerprint density at radius 1 is 0.291 bits per heavy atom. The van der Waals surface area contributed by atoms with Gasteiger partial charge in [-0.1, -0.05) is 206 Å². The molecule has 258 valence electrons. The Balaban J connectivity index is 1.06. The van der Waals surface area contributed by atoms with E-state index in [-0.39, 0.29) is 0 Å². The first-order valence-electron chi connectivity index (χ1n) is 18.8. The molecule has 10 rings (SSSR count). The maximum atomic E-state index is 5.08. The Bertz CT molecular complexity index is 2680. The van der Waals surface area contributed by atoms with Gasteiger partial charge in [-0.25, -0.2) is 9.97 Å². The van der Waals surface area contributed by atoms with Crippen LogP contribution in [0.2, 0.25) is 0 Å². The van der Waals surface area contributed by atoms with E-state index in [1.165, 1.54) is 44.5 Å². The minimum atomic E-state index is -0.424. The molecule has 0 atom stereocenters. The standard InChI is InChI=1S/C53H36N2/c1-5-17-39(18-6-1)49-36-50(55-52(54-49)40-19-7-2-8-20-40)42-22-15-21-41(35-42)37-31-33-38(34-32-37)45-28-16-30-48-51(45)46-27-13-14-29-47(46)53(48,43-23-9-3-10-24-43)44-25-11-4-12-26-44/h1-36H. The van der Waals surface area contributed by atoms with Gasteiger partial charge in [-0.15, -0.1) is 0 Å². The van der Waals surface area contributed by atoms with Crippen molar-refractivity contribution in [2.45, 2.75) is 5.41 Å². The number of aromatic nitrogens is 2. The Kier molecular flexibility index (Phi) is 8.08. The van der Waals surface area contributed by atoms with Crippen molar-refractivity contribution >= 4 is 0 Å². The van der Waals surface area contributed by atoms with E-state index in [9.17, 15) is 0 Å². The highest BCUT2D eigenvalue weighted by atomic mass is 14.9. The van der Waals surface area contributed by atoms with Crippen molar-refractivity contribution in [1.29, 1.82) is 0 Å². The van der Waals surface area contributed by atoms with Gasteiger partial charge in [0.15, 0.2) is 5.82 Å². The molecular weight excluding hydrogens is 665 g/mol. The molecule has 0 saturated heterocycles. The second-order valence-electron chi connectivity index (χ2n) is 14.1. The van der Waals surface area contributed by atoms with Crippen molar-refractivity contribution in [2.75, 3.05) is 0 Å². The molecule has 2 heteroatoms. The second-order valence-corrected chi connectivity index (χ2v) is 14.1. The maximum absolute atomic E-state index is 5.08. The van der Waals surface area contributed by atoms with E-state index in [4.69, 9.17) is 9.97 Å². The van der Waals surface area contributed by atoms with Gasteiger partial charge in [0, 0.05) is 16.7 Å². The normalized spacial score (nSPS) is 12.5. The van der Waals surface area contributed by atoms with Crippen LogP contribution in [0.25, 0.3) is 67.3 Å². The van der Waals surface area contributed by atoms with Gasteiger partial charge in [0.25, 0.3) is 0 Å². The molecule has 2 nitrogen and oxygen atoms in total. The maximum Gasteiger partial charge on any atom is 0.160 e. The van der Waals surface area contributed by atoms with Crippen molar-refractivity contribution < 1.29 is 0 Å². The van der Waals surface area contributed by atoms with Gasteiger partial charge < -0.3 is 0 Å². The zero-order valence-electron chi connectivity index (χ0n) is 30.2. The van der Waals surface area contributed by atoms with E-state index >= 15 is 0 Å². The highest BCUT2D eigenvalue weighted by Crippen LogP contribution is 2.58. The van der Waals surface area contributed by atoms with Crippen LogP contribution in [0.5, 0.6) is 0 Å². The number of rotatable bonds is 7. The summed E-state index contributed by atoms with van der Waals surface area (Å²) in [6, 6.07) is 78.2. The fourth-order valence-corrected chi connectivity index (χ4v) is 8.50. The SMILES string of the molecule is c1ccc(-c2cc(-c3cccc(-c4ccc(-c5cccc6c5-c5ccccc5C6(c5ccccc5)c5ccccc5)cc4)c3)nc(-c3ccccc3)n2)cc1. The van der Waals surface area contributed by atoms with Crippen LogP contribution < -0.4 is 0 Å². The molecule has 0 saturated carbocycles. The smallest absolute Gasteiger partial charge is 0.160 e. The Morgan fingerprint density at radius 3 is 1.44 bits per heavy atom. The lowest BCUT2D eigenvalue weighted by atomic mass is 9.67. The highest BCUT2D eigenvalue weighted by molar-refractivity contribution is 5.95. The van der Waals surface area contributed by atoms with Gasteiger partial charge in [-0.05, 0) is 67.8 Å². The lowest BCUT2D eigenvalue weighted by Crippen LogP contribution is -2.28. The van der Waals surface area contributed by atoms with E-state index < -0.39 is 5.41 Å². The van der Waals surface area contributed by atoms with Gasteiger partial charge in [-0.2, -0.15) is 0 Å². The molecule has 0 radical (unpaired) electrons. The topological polar surface area (TPSA) is 25.8 Å². The minimum absolute atomic E-state index is 0.424. The molecule has 0 amide bonds. The molecule has 0 aliphatic heterocycles. The fraction of sp³-hybridized carbons (Fsp3) is 0.0189. The third kappa shape index (κ3) is 5.59. The van der Waals surface area contributed by atoms with Crippen molar-refractivity contribution in [1.82, 2.24) is 9.97 Å². The highest BCUT2D eigenvalue weighted by Gasteiger charge is 2.46. The van der Waals surface area contributed by atoms with Gasteiger partial charge in [0.05, 0.1) is 16.8 Å². The molecule has 9 aromatic rings. The summed E-state index contributed by atoms with van der Waals surface area (Å²) in [7, 11) is 0. The van der Waals surface area contributed by atoms with Crippen molar-refractivity contribution in [3.8, 4) is 67.3 Å². The van der Waals surface area contributed by atoms with E-state index in [2.05, 4.69) is 194 Å². The molecule has 8 aromatic carbocycles. The van der Waals surface area contributed by atoms with Crippen molar-refractivity contribution in [3.05, 3.63) is 241 Å². The second kappa shape index (κ2) is 13.7. The summed E-state index contributed by atoms with van der Waals surface area (Å²) >= 11 is 0. The molecule has 55 heavy (non-hydrogen) atoms. The van der Waals surface area contributed by atoms with Crippen LogP contribution in [0.4, 0.5) is 0 Å². The number of benzene rings is 8. The largest absolute Gasteiger partial charge is 0.228 e. The zero-order chi connectivity index (χ0) is 36.6. The van der Waals surface area contributed by atoms with Crippen LogP contribution in [0.1, 0.15) is 22.3 Å². The summed E-state index contributed by atoms with van der Waals surface area (Å²) < 4.78 is 0. The summed E-state index contributed by atoms with van der Waals surface area (Å²) in [5, 5.41) is 0. The minimum Gasteiger partial charge on any atom is -0.228 e. The average molecular weight is 701 g/mol. The Hall–Kier alpha value is -7.16. The third-order valence-electron chi connectivity index (χ3n) is 11.0. The molecule has 0 spiro atoms. The van der Waals surface area contributed by atoms with E-state index in [0.717, 1.165) is 39.2 Å². The third-order valence-corrected chi connectivity index (χ3v) is 11.0. The van der Waals surface area contributed by atoms with Crippen LogP contribution in [-0.4, -0.2) is 9.97 Å². The fourth-order valence-electron chi connectivity index (χ4n) is 8.50. The number of hydrogen-bond donors (Lipinski definition) is 0. The first kappa shape index (κ1) is 32.5. The van der Waals surface area contributed by atoms with E-state index in [0.29, 0.717) is 5.82 Å². The summed E-state index contributed by atoms with van der Waals surface area (Å²) in [4.78, 5) is 10.1. The van der Waals surface area contributed by atoms with Crippen LogP contribution >= 0.6 is 0 Å². The number of fused-ring (bicyclic) bond motifs is 3. The van der Waals surface area contributed by atoms with Crippen LogP contribution in [-0.2, 0) is 5.41 Å². The van der Waals surface area contributed by atoms with Crippen LogP contribution in [0.3, 0.4) is 0 Å². The predicted octanol–water partition coefficient (Wildman–Crippen LogP) is 13.2. The Labute approximate surface area is 322 Å². The first-order chi connectivity index (χ1) is 27.3. The van der Waals surface area contributed by atoms with Crippen molar-refractivity contribution in [3.63, 3.8) is 0 Å². The predicted molar refractivity (Wildman–Crippen MR) is 227 cm³/mol. The van der Waals surface area contributed by atoms with Gasteiger partial charge in [0.1, 0.15) is 0 Å². The molecule has 0 N–H and O–H groups in total. The first-order valence-corrected chi connectivity index (χ1v) is 18.8. The lowest BCUT2D eigenvalue weighted by Gasteiger charge is -2.34. The van der Waals surface area contributed by atoms with Crippen LogP contribution in [0.15, 0.2) is 218 Å². The monoisotopic (exact) mass is 700 g/mol. The molecule has 1 aromatic heterocycles. The average Bonchev–Trinajstić information content (AvgIpc) is 3.59.